The summed E-state index contributed by atoms with van der Waals surface area (Å²) in [5.74, 6) is 0.385. The van der Waals surface area contributed by atoms with Crippen LogP contribution in [0.4, 0.5) is 0 Å². The van der Waals surface area contributed by atoms with Crippen molar-refractivity contribution in [3.63, 3.8) is 0 Å². The molecular formula is C20H28N4O5S2. The minimum Gasteiger partial charge on any atom is -0.411 e. The second-order valence-corrected chi connectivity index (χ2v) is 10.6. The summed E-state index contributed by atoms with van der Waals surface area (Å²) >= 11 is 1.17. The van der Waals surface area contributed by atoms with Gasteiger partial charge < -0.3 is 14.1 Å². The van der Waals surface area contributed by atoms with E-state index in [9.17, 15) is 13.2 Å². The Balaban J connectivity index is 1.71. The lowest BCUT2D eigenvalue weighted by atomic mass is 10.2. The fraction of sp³-hybridized carbons (Fsp3) is 0.550. The monoisotopic (exact) mass is 468 g/mol. The number of carbonyl (C=O) groups is 1. The number of thioether (sulfide) groups is 1. The molecule has 0 saturated carbocycles. The van der Waals surface area contributed by atoms with E-state index in [2.05, 4.69) is 10.2 Å². The van der Waals surface area contributed by atoms with Crippen LogP contribution < -0.4 is 0 Å². The van der Waals surface area contributed by atoms with Gasteiger partial charge in [-0.05, 0) is 45.9 Å². The molecular weight excluding hydrogens is 440 g/mol. The third-order valence-corrected chi connectivity index (χ3v) is 7.51. The number of hydrogen-bond donors (Lipinski definition) is 0. The van der Waals surface area contributed by atoms with Crippen molar-refractivity contribution in [2.75, 3.05) is 32.1 Å². The number of nitrogens with zero attached hydrogens (tertiary/aromatic N) is 4. The van der Waals surface area contributed by atoms with Crippen molar-refractivity contribution in [2.45, 2.75) is 49.9 Å². The van der Waals surface area contributed by atoms with Crippen LogP contribution in [0, 0.1) is 0 Å². The van der Waals surface area contributed by atoms with E-state index in [1.165, 1.54) is 22.1 Å². The molecule has 31 heavy (non-hydrogen) atoms. The van der Waals surface area contributed by atoms with E-state index in [0.29, 0.717) is 31.9 Å². The molecule has 11 heteroatoms. The lowest BCUT2D eigenvalue weighted by Gasteiger charge is -2.30. The first kappa shape index (κ1) is 23.7. The van der Waals surface area contributed by atoms with Crippen LogP contribution in [-0.4, -0.2) is 77.9 Å². The van der Waals surface area contributed by atoms with Crippen LogP contribution in [0.25, 0.3) is 11.5 Å². The van der Waals surface area contributed by atoms with Gasteiger partial charge in [-0.25, -0.2) is 8.42 Å². The number of aromatic nitrogens is 2. The number of rotatable bonds is 8. The predicted molar refractivity (Wildman–Crippen MR) is 117 cm³/mol. The lowest BCUT2D eigenvalue weighted by Crippen LogP contribution is -2.43. The first-order valence-electron chi connectivity index (χ1n) is 10.2. The number of amides is 1. The summed E-state index contributed by atoms with van der Waals surface area (Å²) in [6, 6.07) is 6.63. The Morgan fingerprint density at radius 2 is 1.84 bits per heavy atom. The molecule has 0 unspecified atom stereocenters. The van der Waals surface area contributed by atoms with Crippen molar-refractivity contribution in [3.8, 4) is 11.5 Å². The van der Waals surface area contributed by atoms with Crippen molar-refractivity contribution in [1.29, 1.82) is 0 Å². The molecule has 3 rings (SSSR count). The Morgan fingerprint density at radius 1 is 1.16 bits per heavy atom. The minimum atomic E-state index is -3.63. The standard InChI is InChI=1S/C20H28N4O5S2/c1-14(2)24(15(3)4)18(25)13-30-20-22-21-19(29-20)16-6-5-7-17(12-16)31(26,27)23-8-10-28-11-9-23/h5-7,12,14-15H,8-11,13H2,1-4H3. The zero-order valence-corrected chi connectivity index (χ0v) is 19.8. The minimum absolute atomic E-state index is 0.00616. The molecule has 0 N–H and O–H groups in total. The topological polar surface area (TPSA) is 106 Å². The molecule has 0 radical (unpaired) electrons. The maximum Gasteiger partial charge on any atom is 0.277 e. The first-order valence-corrected chi connectivity index (χ1v) is 12.6. The van der Waals surface area contributed by atoms with Crippen molar-refractivity contribution < 1.29 is 22.4 Å². The van der Waals surface area contributed by atoms with E-state index >= 15 is 0 Å². The summed E-state index contributed by atoms with van der Waals surface area (Å²) < 4.78 is 38.1. The van der Waals surface area contributed by atoms with Crippen LogP contribution in [0.15, 0.2) is 38.8 Å². The fourth-order valence-electron chi connectivity index (χ4n) is 3.48. The molecule has 0 atom stereocenters. The number of hydrogen-bond acceptors (Lipinski definition) is 8. The Hall–Kier alpha value is -1.95. The highest BCUT2D eigenvalue weighted by molar-refractivity contribution is 7.99. The Bertz CT molecular complexity index is 993. The van der Waals surface area contributed by atoms with Crippen LogP contribution in [0.3, 0.4) is 0 Å². The van der Waals surface area contributed by atoms with Gasteiger partial charge in [-0.1, -0.05) is 17.8 Å². The van der Waals surface area contributed by atoms with Crippen molar-refractivity contribution in [2.24, 2.45) is 0 Å². The summed E-state index contributed by atoms with van der Waals surface area (Å²) in [6.45, 7) is 9.32. The molecule has 1 saturated heterocycles. The largest absolute Gasteiger partial charge is 0.411 e. The summed E-state index contributed by atoms with van der Waals surface area (Å²) in [4.78, 5) is 14.5. The van der Waals surface area contributed by atoms with Gasteiger partial charge in [0.1, 0.15) is 0 Å². The van der Waals surface area contributed by atoms with E-state index in [0.717, 1.165) is 0 Å². The van der Waals surface area contributed by atoms with E-state index < -0.39 is 10.0 Å². The predicted octanol–water partition coefficient (Wildman–Crippen LogP) is 2.50. The van der Waals surface area contributed by atoms with Gasteiger partial charge in [-0.3, -0.25) is 4.79 Å². The van der Waals surface area contributed by atoms with Crippen LogP contribution in [0.5, 0.6) is 0 Å². The van der Waals surface area contributed by atoms with E-state index in [1.807, 2.05) is 32.6 Å². The molecule has 2 heterocycles. The molecule has 0 bridgehead atoms. The molecule has 170 valence electrons. The zero-order chi connectivity index (χ0) is 22.6. The third-order valence-electron chi connectivity index (χ3n) is 4.82. The van der Waals surface area contributed by atoms with Crippen LogP contribution in [0.1, 0.15) is 27.7 Å². The summed E-state index contributed by atoms with van der Waals surface area (Å²) in [5.41, 5.74) is 0.506. The van der Waals surface area contributed by atoms with Gasteiger partial charge in [0, 0.05) is 30.7 Å². The van der Waals surface area contributed by atoms with Gasteiger partial charge >= 0.3 is 0 Å². The maximum atomic E-state index is 12.9. The quantitative estimate of drug-likeness (QED) is 0.544. The Labute approximate surface area is 187 Å². The third kappa shape index (κ3) is 5.65. The number of morpholine rings is 1. The van der Waals surface area contributed by atoms with Gasteiger partial charge in [-0.15, -0.1) is 10.2 Å². The Kier molecular flexibility index (Phi) is 7.73. The number of benzene rings is 1. The summed E-state index contributed by atoms with van der Waals surface area (Å²) in [5, 5.41) is 8.28. The van der Waals surface area contributed by atoms with Gasteiger partial charge in [0.25, 0.3) is 5.22 Å². The van der Waals surface area contributed by atoms with E-state index in [-0.39, 0.29) is 39.8 Å². The number of ether oxygens (including phenoxy) is 1. The van der Waals surface area contributed by atoms with E-state index in [4.69, 9.17) is 9.15 Å². The molecule has 2 aromatic rings. The first-order chi connectivity index (χ1) is 14.7. The van der Waals surface area contributed by atoms with E-state index in [1.54, 1.807) is 18.2 Å². The highest BCUT2D eigenvalue weighted by Gasteiger charge is 2.27. The van der Waals surface area contributed by atoms with Crippen molar-refractivity contribution in [1.82, 2.24) is 19.4 Å². The summed E-state index contributed by atoms with van der Waals surface area (Å²) in [6.07, 6.45) is 0. The summed E-state index contributed by atoms with van der Waals surface area (Å²) in [7, 11) is -3.63. The van der Waals surface area contributed by atoms with Gasteiger partial charge in [0.2, 0.25) is 21.8 Å². The molecule has 0 aliphatic carbocycles. The van der Waals surface area contributed by atoms with Gasteiger partial charge in [0.05, 0.1) is 23.9 Å². The molecule has 1 fully saturated rings. The maximum absolute atomic E-state index is 12.9. The van der Waals surface area contributed by atoms with Crippen LogP contribution in [-0.2, 0) is 19.6 Å². The van der Waals surface area contributed by atoms with Crippen molar-refractivity contribution in [3.05, 3.63) is 24.3 Å². The SMILES string of the molecule is CC(C)N(C(=O)CSc1nnc(-c2cccc(S(=O)(=O)N3CCOCC3)c2)o1)C(C)C. The highest BCUT2D eigenvalue weighted by atomic mass is 32.2. The molecule has 0 spiro atoms. The molecule has 1 aliphatic rings. The highest BCUT2D eigenvalue weighted by Crippen LogP contribution is 2.27. The second-order valence-electron chi connectivity index (χ2n) is 7.69. The van der Waals surface area contributed by atoms with Crippen molar-refractivity contribution >= 4 is 27.7 Å². The average Bonchev–Trinajstić information content (AvgIpc) is 3.21. The molecule has 1 amide bonds. The molecule has 1 aliphatic heterocycles. The fourth-order valence-corrected chi connectivity index (χ4v) is 5.57. The number of carbonyl (C=O) groups excluding carboxylic acids is 1. The second kappa shape index (κ2) is 10.1. The molecule has 1 aromatic carbocycles. The zero-order valence-electron chi connectivity index (χ0n) is 18.1. The van der Waals surface area contributed by atoms with Gasteiger partial charge in [-0.2, -0.15) is 4.31 Å². The van der Waals surface area contributed by atoms with Crippen LogP contribution in [0.2, 0.25) is 0 Å². The van der Waals surface area contributed by atoms with Crippen LogP contribution >= 0.6 is 11.8 Å². The average molecular weight is 469 g/mol. The lowest BCUT2D eigenvalue weighted by molar-refractivity contribution is -0.131. The molecule has 9 nitrogen and oxygen atoms in total. The Morgan fingerprint density at radius 3 is 2.48 bits per heavy atom. The smallest absolute Gasteiger partial charge is 0.277 e. The van der Waals surface area contributed by atoms with Gasteiger partial charge in [0.15, 0.2) is 0 Å². The number of sulfonamides is 1. The molecule has 1 aromatic heterocycles. The normalized spacial score (nSPS) is 15.5.